The highest BCUT2D eigenvalue weighted by Gasteiger charge is 2.19. The largest absolute Gasteiger partial charge is 0.493 e. The SMILES string of the molecule is CCCOc1ccc(C(=O)NNS(=O)(=O)c2ccccc2Cl)cc1OC. The van der Waals surface area contributed by atoms with Gasteiger partial charge < -0.3 is 9.47 Å². The molecule has 0 aromatic heterocycles. The van der Waals surface area contributed by atoms with Crippen LogP contribution in [0.25, 0.3) is 0 Å². The van der Waals surface area contributed by atoms with E-state index in [9.17, 15) is 13.2 Å². The van der Waals surface area contributed by atoms with Crippen LogP contribution in [-0.2, 0) is 10.0 Å². The summed E-state index contributed by atoms with van der Waals surface area (Å²) < 4.78 is 35.2. The fraction of sp³-hybridized carbons (Fsp3) is 0.235. The molecule has 0 aliphatic heterocycles. The summed E-state index contributed by atoms with van der Waals surface area (Å²) in [7, 11) is -2.55. The zero-order valence-corrected chi connectivity index (χ0v) is 15.9. The van der Waals surface area contributed by atoms with Crippen molar-refractivity contribution < 1.29 is 22.7 Å². The molecule has 0 heterocycles. The van der Waals surface area contributed by atoms with Crippen LogP contribution in [0.15, 0.2) is 47.4 Å². The third-order valence-corrected chi connectivity index (χ3v) is 5.06. The zero-order valence-electron chi connectivity index (χ0n) is 14.3. The fourth-order valence-corrected chi connectivity index (χ4v) is 3.40. The van der Waals surface area contributed by atoms with Crippen LogP contribution in [-0.4, -0.2) is 28.0 Å². The highest BCUT2D eigenvalue weighted by atomic mass is 35.5. The summed E-state index contributed by atoms with van der Waals surface area (Å²) in [6, 6.07) is 10.5. The fourth-order valence-electron chi connectivity index (χ4n) is 2.04. The molecule has 0 spiro atoms. The molecule has 2 aromatic rings. The van der Waals surface area contributed by atoms with Gasteiger partial charge in [-0.25, -0.2) is 8.42 Å². The summed E-state index contributed by atoms with van der Waals surface area (Å²) in [4.78, 5) is 14.1. The molecule has 2 rings (SSSR count). The van der Waals surface area contributed by atoms with Gasteiger partial charge in [0.2, 0.25) is 0 Å². The van der Waals surface area contributed by atoms with Gasteiger partial charge in [-0.2, -0.15) is 0 Å². The zero-order chi connectivity index (χ0) is 19.2. The van der Waals surface area contributed by atoms with E-state index in [4.69, 9.17) is 21.1 Å². The van der Waals surface area contributed by atoms with E-state index in [0.717, 1.165) is 6.42 Å². The number of hydrogen-bond acceptors (Lipinski definition) is 5. The molecule has 0 radical (unpaired) electrons. The Morgan fingerprint density at radius 3 is 2.54 bits per heavy atom. The van der Waals surface area contributed by atoms with Crippen LogP contribution in [0, 0.1) is 0 Å². The van der Waals surface area contributed by atoms with Crippen molar-refractivity contribution >= 4 is 27.5 Å². The van der Waals surface area contributed by atoms with Crippen LogP contribution in [0.4, 0.5) is 0 Å². The van der Waals surface area contributed by atoms with E-state index in [-0.39, 0.29) is 15.5 Å². The van der Waals surface area contributed by atoms with Gasteiger partial charge in [0.15, 0.2) is 11.5 Å². The first-order valence-electron chi connectivity index (χ1n) is 7.76. The first-order chi connectivity index (χ1) is 12.4. The molecular weight excluding hydrogens is 380 g/mol. The third kappa shape index (κ3) is 4.87. The van der Waals surface area contributed by atoms with Crippen LogP contribution in [0.2, 0.25) is 5.02 Å². The number of hydrogen-bond donors (Lipinski definition) is 2. The summed E-state index contributed by atoms with van der Waals surface area (Å²) in [5.41, 5.74) is 2.35. The van der Waals surface area contributed by atoms with Crippen LogP contribution in [0.5, 0.6) is 11.5 Å². The highest BCUT2D eigenvalue weighted by Crippen LogP contribution is 2.28. The Hall–Kier alpha value is -2.29. The molecule has 26 heavy (non-hydrogen) atoms. The monoisotopic (exact) mass is 398 g/mol. The van der Waals surface area contributed by atoms with E-state index >= 15 is 0 Å². The predicted octanol–water partition coefficient (Wildman–Crippen LogP) is 2.76. The van der Waals surface area contributed by atoms with Crippen molar-refractivity contribution in [3.63, 3.8) is 0 Å². The summed E-state index contributed by atoms with van der Waals surface area (Å²) in [5.74, 6) is 0.226. The van der Waals surface area contributed by atoms with E-state index in [1.54, 1.807) is 12.1 Å². The van der Waals surface area contributed by atoms with Crippen LogP contribution in [0.1, 0.15) is 23.7 Å². The lowest BCUT2D eigenvalue weighted by molar-refractivity contribution is 0.0944. The van der Waals surface area contributed by atoms with Crippen molar-refractivity contribution in [1.82, 2.24) is 10.3 Å². The van der Waals surface area contributed by atoms with Crippen LogP contribution < -0.4 is 19.7 Å². The molecule has 0 unspecified atom stereocenters. The Kier molecular flexibility index (Phi) is 6.84. The minimum Gasteiger partial charge on any atom is -0.493 e. The molecule has 0 aliphatic rings. The number of nitrogens with one attached hydrogen (secondary N) is 2. The second kappa shape index (κ2) is 8.88. The highest BCUT2D eigenvalue weighted by molar-refractivity contribution is 7.89. The molecular formula is C17H19ClN2O5S. The number of carbonyl (C=O) groups excluding carboxylic acids is 1. The average molecular weight is 399 g/mol. The van der Waals surface area contributed by atoms with Gasteiger partial charge in [0, 0.05) is 5.56 Å². The first-order valence-corrected chi connectivity index (χ1v) is 9.62. The van der Waals surface area contributed by atoms with E-state index < -0.39 is 15.9 Å². The minimum absolute atomic E-state index is 0.0494. The van der Waals surface area contributed by atoms with Gasteiger partial charge >= 0.3 is 0 Å². The maximum absolute atomic E-state index is 12.2. The molecule has 0 atom stereocenters. The van der Waals surface area contributed by atoms with E-state index in [1.807, 2.05) is 11.8 Å². The van der Waals surface area contributed by atoms with Gasteiger partial charge in [-0.15, -0.1) is 4.83 Å². The summed E-state index contributed by atoms with van der Waals surface area (Å²) in [5, 5.41) is 0.0494. The average Bonchev–Trinajstić information content (AvgIpc) is 2.64. The van der Waals surface area contributed by atoms with Gasteiger partial charge in [0.1, 0.15) is 4.90 Å². The predicted molar refractivity (Wildman–Crippen MR) is 98.0 cm³/mol. The van der Waals surface area contributed by atoms with Gasteiger partial charge in [-0.05, 0) is 36.8 Å². The number of halogens is 1. The van der Waals surface area contributed by atoms with Gasteiger partial charge in [0.25, 0.3) is 15.9 Å². The molecule has 0 saturated heterocycles. The lowest BCUT2D eigenvalue weighted by atomic mass is 10.2. The summed E-state index contributed by atoms with van der Waals surface area (Å²) in [6.45, 7) is 2.49. The van der Waals surface area contributed by atoms with Crippen molar-refractivity contribution in [2.75, 3.05) is 13.7 Å². The maximum Gasteiger partial charge on any atom is 0.266 e. The number of amides is 1. The molecule has 2 N–H and O–H groups in total. The van der Waals surface area contributed by atoms with E-state index in [1.165, 1.54) is 37.4 Å². The van der Waals surface area contributed by atoms with Crippen molar-refractivity contribution in [3.8, 4) is 11.5 Å². The molecule has 0 saturated carbocycles. The van der Waals surface area contributed by atoms with E-state index in [2.05, 4.69) is 5.43 Å². The Labute approximate surface area is 157 Å². The van der Waals surface area contributed by atoms with Gasteiger partial charge in [-0.1, -0.05) is 30.7 Å². The molecule has 7 nitrogen and oxygen atoms in total. The molecule has 2 aromatic carbocycles. The van der Waals surface area contributed by atoms with Crippen molar-refractivity contribution in [1.29, 1.82) is 0 Å². The lowest BCUT2D eigenvalue weighted by Gasteiger charge is -2.12. The smallest absolute Gasteiger partial charge is 0.266 e. The van der Waals surface area contributed by atoms with Gasteiger partial charge in [-0.3, -0.25) is 10.2 Å². The van der Waals surface area contributed by atoms with Crippen molar-refractivity contribution in [2.24, 2.45) is 0 Å². The number of ether oxygens (including phenoxy) is 2. The quantitative estimate of drug-likeness (QED) is 0.667. The third-order valence-electron chi connectivity index (χ3n) is 3.31. The molecule has 0 bridgehead atoms. The molecule has 1 amide bonds. The second-order valence-electron chi connectivity index (χ2n) is 5.20. The maximum atomic E-state index is 12.2. The summed E-state index contributed by atoms with van der Waals surface area (Å²) in [6.07, 6.45) is 0.829. The number of carbonyl (C=O) groups is 1. The number of benzene rings is 2. The Morgan fingerprint density at radius 1 is 1.15 bits per heavy atom. The van der Waals surface area contributed by atoms with Crippen LogP contribution >= 0.6 is 11.6 Å². The normalized spacial score (nSPS) is 11.0. The Morgan fingerprint density at radius 2 is 1.88 bits per heavy atom. The number of methoxy groups -OCH3 is 1. The molecule has 0 aliphatic carbocycles. The molecule has 140 valence electrons. The topological polar surface area (TPSA) is 93.7 Å². The van der Waals surface area contributed by atoms with Crippen molar-refractivity contribution in [3.05, 3.63) is 53.1 Å². The van der Waals surface area contributed by atoms with Gasteiger partial charge in [0.05, 0.1) is 18.7 Å². The number of sulfonamides is 1. The van der Waals surface area contributed by atoms with Crippen LogP contribution in [0.3, 0.4) is 0 Å². The first kappa shape index (κ1) is 20.0. The molecule has 9 heteroatoms. The minimum atomic E-state index is -4.00. The lowest BCUT2D eigenvalue weighted by Crippen LogP contribution is -2.41. The van der Waals surface area contributed by atoms with Crippen molar-refractivity contribution in [2.45, 2.75) is 18.2 Å². The van der Waals surface area contributed by atoms with E-state index in [0.29, 0.717) is 18.1 Å². The number of hydrazine groups is 1. The Bertz CT molecular complexity index is 886. The second-order valence-corrected chi connectivity index (χ2v) is 7.26. The summed E-state index contributed by atoms with van der Waals surface area (Å²) >= 11 is 5.88. The molecule has 0 fully saturated rings. The standard InChI is InChI=1S/C17H19ClN2O5S/c1-3-10-25-14-9-8-12(11-15(14)24-2)17(21)19-20-26(22,23)16-7-5-4-6-13(16)18/h4-9,11,20H,3,10H2,1-2H3,(H,19,21). The number of rotatable bonds is 8. The Balaban J connectivity index is 2.11.